The molecule has 0 aliphatic rings. The summed E-state index contributed by atoms with van der Waals surface area (Å²) in [6.07, 6.45) is 0. The van der Waals surface area contributed by atoms with Gasteiger partial charge in [0.05, 0.1) is 0 Å². The molecule has 9 aromatic carbocycles. The van der Waals surface area contributed by atoms with E-state index in [1.165, 1.54) is 87.6 Å². The first-order valence-corrected chi connectivity index (χ1v) is 17.1. The van der Waals surface area contributed by atoms with Gasteiger partial charge in [-0.3, -0.25) is 0 Å². The molecule has 0 saturated heterocycles. The van der Waals surface area contributed by atoms with E-state index in [2.05, 4.69) is 190 Å². The second-order valence-corrected chi connectivity index (χ2v) is 13.6. The van der Waals surface area contributed by atoms with E-state index in [9.17, 15) is 0 Å². The molecule has 0 radical (unpaired) electrons. The van der Waals surface area contributed by atoms with E-state index in [1.54, 1.807) is 0 Å². The van der Waals surface area contributed by atoms with Crippen LogP contribution in [-0.2, 0) is 0 Å². The zero-order valence-corrected chi connectivity index (χ0v) is 27.9. The first kappa shape index (κ1) is 27.5. The fourth-order valence-electron chi connectivity index (χ4n) is 7.34. The summed E-state index contributed by atoms with van der Waals surface area (Å²) >= 11 is 7.93. The normalized spacial score (nSPS) is 11.7. The largest absolute Gasteiger partial charge is 0.0622 e. The average Bonchev–Trinajstić information content (AvgIpc) is 3.12. The van der Waals surface area contributed by atoms with Gasteiger partial charge in [0, 0.05) is 8.95 Å². The van der Waals surface area contributed by atoms with Crippen molar-refractivity contribution in [2.75, 3.05) is 0 Å². The van der Waals surface area contributed by atoms with E-state index in [-0.39, 0.29) is 0 Å². The van der Waals surface area contributed by atoms with Crippen LogP contribution in [0.4, 0.5) is 0 Å². The van der Waals surface area contributed by atoms with Crippen LogP contribution >= 0.6 is 31.9 Å². The predicted molar refractivity (Wildman–Crippen MR) is 205 cm³/mol. The van der Waals surface area contributed by atoms with Crippen molar-refractivity contribution in [1.82, 2.24) is 0 Å². The highest BCUT2D eigenvalue weighted by Crippen LogP contribution is 2.51. The lowest BCUT2D eigenvalue weighted by Gasteiger charge is -2.22. The van der Waals surface area contributed by atoms with Crippen LogP contribution in [0, 0.1) is 0 Å². The Bertz CT molecular complexity index is 2570. The van der Waals surface area contributed by atoms with Gasteiger partial charge in [0.15, 0.2) is 0 Å². The van der Waals surface area contributed by atoms with Crippen LogP contribution < -0.4 is 0 Å². The molecule has 0 aromatic heterocycles. The molecule has 216 valence electrons. The van der Waals surface area contributed by atoms with E-state index in [0.29, 0.717) is 0 Å². The second-order valence-electron chi connectivity index (χ2n) is 11.9. The molecule has 0 atom stereocenters. The van der Waals surface area contributed by atoms with Crippen LogP contribution in [0.15, 0.2) is 167 Å². The first-order chi connectivity index (χ1) is 22.7. The zero-order chi connectivity index (χ0) is 30.8. The Hall–Kier alpha value is -4.76. The van der Waals surface area contributed by atoms with Crippen molar-refractivity contribution in [2.24, 2.45) is 0 Å². The molecule has 0 heterocycles. The predicted octanol–water partition coefficient (Wildman–Crippen LogP) is 13.9. The lowest BCUT2D eigenvalue weighted by Crippen LogP contribution is -1.95. The van der Waals surface area contributed by atoms with Gasteiger partial charge < -0.3 is 0 Å². The Morgan fingerprint density at radius 1 is 0.261 bits per heavy atom. The topological polar surface area (TPSA) is 0 Å². The number of halogens is 2. The summed E-state index contributed by atoms with van der Waals surface area (Å²) in [6.45, 7) is 0. The van der Waals surface area contributed by atoms with Gasteiger partial charge in [0.1, 0.15) is 0 Å². The zero-order valence-electron chi connectivity index (χ0n) is 24.8. The van der Waals surface area contributed by atoms with Crippen molar-refractivity contribution in [1.29, 1.82) is 0 Å². The number of hydrogen-bond donors (Lipinski definition) is 0. The van der Waals surface area contributed by atoms with Gasteiger partial charge in [-0.2, -0.15) is 0 Å². The minimum Gasteiger partial charge on any atom is -0.0622 e. The molecule has 0 nitrogen and oxygen atoms in total. The molecular formula is C44H26Br2. The van der Waals surface area contributed by atoms with E-state index in [1.807, 2.05) is 0 Å². The summed E-state index contributed by atoms with van der Waals surface area (Å²) in [5.74, 6) is 0. The molecule has 0 fully saturated rings. The van der Waals surface area contributed by atoms with Crippen LogP contribution in [-0.4, -0.2) is 0 Å². The lowest BCUT2D eigenvalue weighted by atomic mass is 9.82. The standard InChI is InChI=1S/C44H26Br2/c45-39-24-23-36-41-33(39)17-10-18-35(41)42-32(21-22-34-40(46)26-37(43(36)44(34)42)29-15-8-3-9-16-29)38-25-30(27-11-4-1-5-12-27)19-20-31(38)28-13-6-2-7-14-28/h1-26H. The highest BCUT2D eigenvalue weighted by atomic mass is 79.9. The monoisotopic (exact) mass is 712 g/mol. The minimum absolute atomic E-state index is 1.10. The minimum atomic E-state index is 1.10. The van der Waals surface area contributed by atoms with Crippen molar-refractivity contribution in [3.63, 3.8) is 0 Å². The van der Waals surface area contributed by atoms with Gasteiger partial charge in [-0.1, -0.05) is 171 Å². The van der Waals surface area contributed by atoms with E-state index < -0.39 is 0 Å². The molecule has 0 bridgehead atoms. The average molecular weight is 714 g/mol. The van der Waals surface area contributed by atoms with Crippen LogP contribution in [0.3, 0.4) is 0 Å². The van der Waals surface area contributed by atoms with Crippen LogP contribution in [0.25, 0.3) is 87.6 Å². The van der Waals surface area contributed by atoms with E-state index >= 15 is 0 Å². The lowest BCUT2D eigenvalue weighted by molar-refractivity contribution is 1.58. The molecule has 0 spiro atoms. The Morgan fingerprint density at radius 3 is 1.52 bits per heavy atom. The van der Waals surface area contributed by atoms with Crippen molar-refractivity contribution in [3.8, 4) is 44.5 Å². The van der Waals surface area contributed by atoms with E-state index in [4.69, 9.17) is 0 Å². The molecule has 46 heavy (non-hydrogen) atoms. The van der Waals surface area contributed by atoms with Gasteiger partial charge >= 0.3 is 0 Å². The molecule has 0 unspecified atom stereocenters. The fraction of sp³-hybridized carbons (Fsp3) is 0. The van der Waals surface area contributed by atoms with Crippen LogP contribution in [0.2, 0.25) is 0 Å². The molecule has 0 aliphatic carbocycles. The van der Waals surface area contributed by atoms with Crippen molar-refractivity contribution in [3.05, 3.63) is 167 Å². The van der Waals surface area contributed by atoms with Crippen molar-refractivity contribution in [2.45, 2.75) is 0 Å². The van der Waals surface area contributed by atoms with Crippen LogP contribution in [0.1, 0.15) is 0 Å². The smallest absolute Gasteiger partial charge is 0.0260 e. The van der Waals surface area contributed by atoms with Gasteiger partial charge in [-0.05, 0) is 106 Å². The summed E-state index contributed by atoms with van der Waals surface area (Å²) in [5, 5.41) is 10.1. The van der Waals surface area contributed by atoms with Crippen LogP contribution in [0.5, 0.6) is 0 Å². The Labute approximate surface area is 284 Å². The molecule has 9 rings (SSSR count). The maximum Gasteiger partial charge on any atom is 0.0260 e. The SMILES string of the molecule is Brc1ccc2c3c(-c4ccccc4)cc(Br)c4ccc(-c5cc(-c6ccccc6)ccc5-c5ccccc5)c(c5cccc1c25)c43. The maximum absolute atomic E-state index is 4.02. The Morgan fingerprint density at radius 2 is 0.804 bits per heavy atom. The highest BCUT2D eigenvalue weighted by Gasteiger charge is 2.23. The molecule has 0 amide bonds. The number of fused-ring (bicyclic) bond motifs is 2. The molecule has 0 N–H and O–H groups in total. The van der Waals surface area contributed by atoms with Gasteiger partial charge in [0.2, 0.25) is 0 Å². The number of hydrogen-bond acceptors (Lipinski definition) is 0. The molecule has 2 heteroatoms. The molecule has 0 saturated carbocycles. The van der Waals surface area contributed by atoms with Gasteiger partial charge in [-0.15, -0.1) is 0 Å². The van der Waals surface area contributed by atoms with Crippen molar-refractivity contribution < 1.29 is 0 Å². The summed E-state index contributed by atoms with van der Waals surface area (Å²) in [6, 6.07) is 57.5. The second kappa shape index (κ2) is 10.9. The fourth-order valence-corrected chi connectivity index (χ4v) is 8.36. The summed E-state index contributed by atoms with van der Waals surface area (Å²) in [5.41, 5.74) is 9.76. The summed E-state index contributed by atoms with van der Waals surface area (Å²) in [4.78, 5) is 0. The van der Waals surface area contributed by atoms with E-state index in [0.717, 1.165) is 8.95 Å². The third-order valence-electron chi connectivity index (χ3n) is 9.37. The van der Waals surface area contributed by atoms with Gasteiger partial charge in [-0.25, -0.2) is 0 Å². The molecular weight excluding hydrogens is 688 g/mol. The van der Waals surface area contributed by atoms with Gasteiger partial charge in [0.25, 0.3) is 0 Å². The summed E-state index contributed by atoms with van der Waals surface area (Å²) in [7, 11) is 0. The quantitative estimate of drug-likeness (QED) is 0.126. The number of benzene rings is 9. The third-order valence-corrected chi connectivity index (χ3v) is 10.7. The first-order valence-electron chi connectivity index (χ1n) is 15.5. The molecule has 9 aromatic rings. The summed E-state index contributed by atoms with van der Waals surface area (Å²) < 4.78 is 2.21. The maximum atomic E-state index is 4.02. The Kier molecular flexibility index (Phi) is 6.55. The molecule has 0 aliphatic heterocycles. The number of rotatable bonds is 4. The Balaban J connectivity index is 1.51. The van der Waals surface area contributed by atoms with Crippen molar-refractivity contribution >= 4 is 74.9 Å². The highest BCUT2D eigenvalue weighted by molar-refractivity contribution is 9.11. The third kappa shape index (κ3) is 4.25.